The van der Waals surface area contributed by atoms with E-state index >= 15 is 0 Å². The lowest BCUT2D eigenvalue weighted by Gasteiger charge is -2.10. The molecule has 0 saturated carbocycles. The van der Waals surface area contributed by atoms with Gasteiger partial charge >= 0.3 is 5.97 Å². The van der Waals surface area contributed by atoms with Crippen LogP contribution in [-0.4, -0.2) is 30.3 Å². The van der Waals surface area contributed by atoms with Gasteiger partial charge in [0, 0.05) is 11.6 Å². The quantitative estimate of drug-likeness (QED) is 0.887. The number of benzene rings is 1. The van der Waals surface area contributed by atoms with Crippen LogP contribution in [0.1, 0.15) is 10.4 Å². The number of H-pyrrole nitrogens is 1. The van der Waals surface area contributed by atoms with E-state index in [9.17, 15) is 9.59 Å². The summed E-state index contributed by atoms with van der Waals surface area (Å²) in [5.41, 5.74) is 0.316. The SMILES string of the molecule is COc1ccc(OC)c(-c2cc(C(=O)O)cc(=O)[nH]2)c1. The smallest absolute Gasteiger partial charge is 0.335 e. The van der Waals surface area contributed by atoms with Gasteiger partial charge in [0.25, 0.3) is 0 Å². The average Bonchev–Trinajstić information content (AvgIpc) is 2.45. The largest absolute Gasteiger partial charge is 0.497 e. The van der Waals surface area contributed by atoms with Crippen LogP contribution in [0.15, 0.2) is 35.1 Å². The summed E-state index contributed by atoms with van der Waals surface area (Å²) in [6.07, 6.45) is 0. The fourth-order valence-electron chi connectivity index (χ4n) is 1.84. The zero-order valence-electron chi connectivity index (χ0n) is 11.0. The van der Waals surface area contributed by atoms with Crippen LogP contribution < -0.4 is 15.0 Å². The van der Waals surface area contributed by atoms with E-state index in [0.29, 0.717) is 22.8 Å². The Morgan fingerprint density at radius 1 is 1.15 bits per heavy atom. The highest BCUT2D eigenvalue weighted by atomic mass is 16.5. The van der Waals surface area contributed by atoms with Crippen molar-refractivity contribution in [2.45, 2.75) is 0 Å². The molecule has 0 saturated heterocycles. The Labute approximate surface area is 114 Å². The first-order valence-electron chi connectivity index (χ1n) is 5.75. The fourth-order valence-corrected chi connectivity index (χ4v) is 1.84. The molecule has 0 atom stereocenters. The van der Waals surface area contributed by atoms with Crippen molar-refractivity contribution in [3.63, 3.8) is 0 Å². The maximum Gasteiger partial charge on any atom is 0.335 e. The molecule has 0 aliphatic heterocycles. The minimum absolute atomic E-state index is 0.0892. The molecule has 1 aromatic carbocycles. The van der Waals surface area contributed by atoms with Crippen LogP contribution in [0.2, 0.25) is 0 Å². The first-order chi connectivity index (χ1) is 9.55. The molecule has 0 unspecified atom stereocenters. The summed E-state index contributed by atoms with van der Waals surface area (Å²) >= 11 is 0. The minimum Gasteiger partial charge on any atom is -0.497 e. The topological polar surface area (TPSA) is 88.6 Å². The zero-order valence-corrected chi connectivity index (χ0v) is 11.0. The van der Waals surface area contributed by atoms with Gasteiger partial charge in [0.1, 0.15) is 11.5 Å². The van der Waals surface area contributed by atoms with Crippen LogP contribution in [0.5, 0.6) is 11.5 Å². The molecule has 2 aromatic rings. The predicted octanol–water partition coefficient (Wildman–Crippen LogP) is 1.76. The number of aromatic carboxylic acids is 1. The number of carbonyl (C=O) groups is 1. The molecule has 6 heteroatoms. The third-order valence-corrected chi connectivity index (χ3v) is 2.79. The predicted molar refractivity (Wildman–Crippen MR) is 72.6 cm³/mol. The molecular weight excluding hydrogens is 262 g/mol. The molecule has 20 heavy (non-hydrogen) atoms. The number of carboxylic acids is 1. The first kappa shape index (κ1) is 13.7. The summed E-state index contributed by atoms with van der Waals surface area (Å²) in [4.78, 5) is 25.1. The molecule has 2 rings (SSSR count). The highest BCUT2D eigenvalue weighted by Crippen LogP contribution is 2.32. The average molecular weight is 275 g/mol. The number of methoxy groups -OCH3 is 2. The molecule has 0 fully saturated rings. The third-order valence-electron chi connectivity index (χ3n) is 2.79. The molecule has 1 aromatic heterocycles. The van der Waals surface area contributed by atoms with E-state index in [4.69, 9.17) is 14.6 Å². The van der Waals surface area contributed by atoms with E-state index in [1.54, 1.807) is 18.2 Å². The van der Waals surface area contributed by atoms with Gasteiger partial charge < -0.3 is 19.6 Å². The molecule has 0 amide bonds. The third kappa shape index (κ3) is 2.64. The van der Waals surface area contributed by atoms with Crippen molar-refractivity contribution in [1.82, 2.24) is 4.98 Å². The Bertz CT molecular complexity index is 705. The molecule has 2 N–H and O–H groups in total. The van der Waals surface area contributed by atoms with Crippen LogP contribution >= 0.6 is 0 Å². The zero-order chi connectivity index (χ0) is 14.7. The summed E-state index contributed by atoms with van der Waals surface area (Å²) in [7, 11) is 3.01. The van der Waals surface area contributed by atoms with Crippen molar-refractivity contribution in [2.75, 3.05) is 14.2 Å². The van der Waals surface area contributed by atoms with Crippen molar-refractivity contribution < 1.29 is 19.4 Å². The van der Waals surface area contributed by atoms with Gasteiger partial charge in [0.15, 0.2) is 0 Å². The molecule has 0 bridgehead atoms. The molecule has 1 heterocycles. The molecular formula is C14H13NO5. The van der Waals surface area contributed by atoms with Gasteiger partial charge in [0.05, 0.1) is 25.5 Å². The molecule has 0 radical (unpaired) electrons. The number of aromatic amines is 1. The number of nitrogens with one attached hydrogen (secondary N) is 1. The number of hydrogen-bond donors (Lipinski definition) is 2. The summed E-state index contributed by atoms with van der Waals surface area (Å²) in [5, 5.41) is 9.00. The van der Waals surface area contributed by atoms with Crippen molar-refractivity contribution in [3.8, 4) is 22.8 Å². The number of pyridine rings is 1. The number of aromatic nitrogens is 1. The van der Waals surface area contributed by atoms with Gasteiger partial charge in [-0.15, -0.1) is 0 Å². The van der Waals surface area contributed by atoms with Crippen LogP contribution in [0.4, 0.5) is 0 Å². The monoisotopic (exact) mass is 275 g/mol. The Kier molecular flexibility index (Phi) is 3.74. The van der Waals surface area contributed by atoms with Crippen LogP contribution in [0.3, 0.4) is 0 Å². The summed E-state index contributed by atoms with van der Waals surface area (Å²) in [5.74, 6) is -0.0921. The maximum atomic E-state index is 11.6. The minimum atomic E-state index is -1.17. The van der Waals surface area contributed by atoms with E-state index in [0.717, 1.165) is 6.07 Å². The van der Waals surface area contributed by atoms with Crippen molar-refractivity contribution in [2.24, 2.45) is 0 Å². The number of ether oxygens (including phenoxy) is 2. The van der Waals surface area contributed by atoms with E-state index < -0.39 is 11.5 Å². The lowest BCUT2D eigenvalue weighted by molar-refractivity contribution is 0.0696. The molecule has 104 valence electrons. The van der Waals surface area contributed by atoms with Gasteiger partial charge in [-0.2, -0.15) is 0 Å². The Morgan fingerprint density at radius 3 is 2.50 bits per heavy atom. The van der Waals surface area contributed by atoms with Crippen LogP contribution in [0, 0.1) is 0 Å². The Hall–Kier alpha value is -2.76. The Morgan fingerprint density at radius 2 is 1.90 bits per heavy atom. The van der Waals surface area contributed by atoms with Gasteiger partial charge in [-0.1, -0.05) is 0 Å². The van der Waals surface area contributed by atoms with Crippen LogP contribution in [0.25, 0.3) is 11.3 Å². The van der Waals surface area contributed by atoms with Gasteiger partial charge in [-0.3, -0.25) is 4.79 Å². The van der Waals surface area contributed by atoms with Crippen molar-refractivity contribution in [3.05, 3.63) is 46.2 Å². The standard InChI is InChI=1S/C14H13NO5/c1-19-9-3-4-12(20-2)10(7-9)11-5-8(14(17)18)6-13(16)15-11/h3-7H,1-2H3,(H,15,16)(H,17,18). The number of carboxylic acid groups (broad SMARTS) is 1. The van der Waals surface area contributed by atoms with E-state index in [1.165, 1.54) is 20.3 Å². The number of hydrogen-bond acceptors (Lipinski definition) is 4. The normalized spacial score (nSPS) is 10.1. The lowest BCUT2D eigenvalue weighted by Crippen LogP contribution is -2.10. The lowest BCUT2D eigenvalue weighted by atomic mass is 10.1. The van der Waals surface area contributed by atoms with E-state index in [2.05, 4.69) is 4.98 Å². The van der Waals surface area contributed by atoms with Crippen LogP contribution in [-0.2, 0) is 0 Å². The highest BCUT2D eigenvalue weighted by molar-refractivity contribution is 5.89. The second kappa shape index (κ2) is 5.48. The summed E-state index contributed by atoms with van der Waals surface area (Å²) in [6, 6.07) is 7.46. The highest BCUT2D eigenvalue weighted by Gasteiger charge is 2.12. The van der Waals surface area contributed by atoms with Crippen molar-refractivity contribution >= 4 is 5.97 Å². The number of rotatable bonds is 4. The Balaban J connectivity index is 2.66. The summed E-state index contributed by atoms with van der Waals surface area (Å²) < 4.78 is 10.3. The molecule has 0 aliphatic rings. The molecule has 6 nitrogen and oxygen atoms in total. The van der Waals surface area contributed by atoms with Gasteiger partial charge in [-0.25, -0.2) is 4.79 Å². The van der Waals surface area contributed by atoms with E-state index in [1.807, 2.05) is 0 Å². The second-order valence-electron chi connectivity index (χ2n) is 4.02. The van der Waals surface area contributed by atoms with Crippen molar-refractivity contribution in [1.29, 1.82) is 0 Å². The van der Waals surface area contributed by atoms with Gasteiger partial charge in [0.2, 0.25) is 5.56 Å². The van der Waals surface area contributed by atoms with E-state index in [-0.39, 0.29) is 5.56 Å². The molecule has 0 spiro atoms. The first-order valence-corrected chi connectivity index (χ1v) is 5.75. The maximum absolute atomic E-state index is 11.6. The summed E-state index contributed by atoms with van der Waals surface area (Å²) in [6.45, 7) is 0. The fraction of sp³-hybridized carbons (Fsp3) is 0.143. The molecule has 0 aliphatic carbocycles. The second-order valence-corrected chi connectivity index (χ2v) is 4.02. The van der Waals surface area contributed by atoms with Gasteiger partial charge in [-0.05, 0) is 24.3 Å².